The van der Waals surface area contributed by atoms with Gasteiger partial charge in [0.05, 0.1) is 6.61 Å². The van der Waals surface area contributed by atoms with Gasteiger partial charge in [-0.2, -0.15) is 0 Å². The van der Waals surface area contributed by atoms with Gasteiger partial charge in [0.25, 0.3) is 0 Å². The summed E-state index contributed by atoms with van der Waals surface area (Å²) in [6.07, 6.45) is 1.25. The SMILES string of the molecule is CCOC(=O)c1cc2c([nH]1)CCC2=O. The zero-order valence-corrected chi connectivity index (χ0v) is 7.92. The minimum atomic E-state index is -0.394. The van der Waals surface area contributed by atoms with E-state index in [1.54, 1.807) is 13.0 Å². The van der Waals surface area contributed by atoms with E-state index in [0.29, 0.717) is 30.7 Å². The molecule has 4 heteroatoms. The lowest BCUT2D eigenvalue weighted by atomic mass is 10.2. The number of nitrogens with one attached hydrogen (secondary N) is 1. The average molecular weight is 193 g/mol. The maximum absolute atomic E-state index is 11.3. The number of carbonyl (C=O) groups excluding carboxylic acids is 2. The van der Waals surface area contributed by atoms with Crippen molar-refractivity contribution in [3.63, 3.8) is 0 Å². The standard InChI is InChI=1S/C10H11NO3/c1-2-14-10(13)8-5-6-7(11-8)3-4-9(6)12/h5,11H,2-4H2,1H3. The highest BCUT2D eigenvalue weighted by Gasteiger charge is 2.24. The Kier molecular flexibility index (Phi) is 2.11. The van der Waals surface area contributed by atoms with Crippen LogP contribution < -0.4 is 0 Å². The van der Waals surface area contributed by atoms with Crippen LogP contribution in [0, 0.1) is 0 Å². The Morgan fingerprint density at radius 1 is 1.57 bits per heavy atom. The molecule has 0 unspecified atom stereocenters. The highest BCUT2D eigenvalue weighted by molar-refractivity contribution is 6.02. The minimum Gasteiger partial charge on any atom is -0.461 e. The summed E-state index contributed by atoms with van der Waals surface area (Å²) in [5.74, 6) is -0.290. The van der Waals surface area contributed by atoms with Gasteiger partial charge in [-0.05, 0) is 19.4 Å². The second-order valence-electron chi connectivity index (χ2n) is 3.22. The summed E-state index contributed by atoms with van der Waals surface area (Å²) in [6, 6.07) is 1.59. The van der Waals surface area contributed by atoms with Crippen LogP contribution in [0.5, 0.6) is 0 Å². The highest BCUT2D eigenvalue weighted by atomic mass is 16.5. The number of ketones is 1. The molecule has 0 aromatic carbocycles. The van der Waals surface area contributed by atoms with Crippen LogP contribution in [-0.2, 0) is 11.2 Å². The molecule has 0 aliphatic heterocycles. The summed E-state index contributed by atoms with van der Waals surface area (Å²) in [6.45, 7) is 2.09. The number of hydrogen-bond acceptors (Lipinski definition) is 3. The van der Waals surface area contributed by atoms with E-state index in [-0.39, 0.29) is 5.78 Å². The van der Waals surface area contributed by atoms with E-state index < -0.39 is 5.97 Å². The molecule has 1 aromatic heterocycles. The Bertz CT molecular complexity index is 392. The molecule has 1 aliphatic carbocycles. The quantitative estimate of drug-likeness (QED) is 0.720. The minimum absolute atomic E-state index is 0.104. The number of hydrogen-bond donors (Lipinski definition) is 1. The third-order valence-corrected chi connectivity index (χ3v) is 2.30. The van der Waals surface area contributed by atoms with E-state index in [1.807, 2.05) is 0 Å². The Morgan fingerprint density at radius 3 is 3.00 bits per heavy atom. The van der Waals surface area contributed by atoms with Gasteiger partial charge in [0.15, 0.2) is 5.78 Å². The number of H-pyrrole nitrogens is 1. The first-order valence-corrected chi connectivity index (χ1v) is 4.64. The maximum atomic E-state index is 11.3. The first kappa shape index (κ1) is 8.99. The molecular weight excluding hydrogens is 182 g/mol. The number of aromatic nitrogens is 1. The van der Waals surface area contributed by atoms with Crippen LogP contribution in [0.15, 0.2) is 6.07 Å². The number of aromatic amines is 1. The zero-order chi connectivity index (χ0) is 10.1. The van der Waals surface area contributed by atoms with Gasteiger partial charge in [-0.3, -0.25) is 4.79 Å². The lowest BCUT2D eigenvalue weighted by Crippen LogP contribution is -2.05. The second kappa shape index (κ2) is 3.29. The molecule has 0 saturated carbocycles. The van der Waals surface area contributed by atoms with Crippen molar-refractivity contribution in [3.8, 4) is 0 Å². The van der Waals surface area contributed by atoms with Crippen molar-refractivity contribution in [3.05, 3.63) is 23.0 Å². The Labute approximate surface area is 81.3 Å². The van der Waals surface area contributed by atoms with Gasteiger partial charge >= 0.3 is 5.97 Å². The van der Waals surface area contributed by atoms with Crippen LogP contribution in [0.3, 0.4) is 0 Å². The molecule has 0 bridgehead atoms. The van der Waals surface area contributed by atoms with Crippen LogP contribution in [-0.4, -0.2) is 23.3 Å². The van der Waals surface area contributed by atoms with Gasteiger partial charge in [-0.25, -0.2) is 4.79 Å². The predicted octanol–water partition coefficient (Wildman–Crippen LogP) is 1.32. The van der Waals surface area contributed by atoms with E-state index in [1.165, 1.54) is 0 Å². The van der Waals surface area contributed by atoms with Crippen LogP contribution in [0.1, 0.15) is 39.9 Å². The molecule has 1 N–H and O–H groups in total. The Morgan fingerprint density at radius 2 is 2.36 bits per heavy atom. The fourth-order valence-electron chi connectivity index (χ4n) is 1.64. The molecule has 0 saturated heterocycles. The van der Waals surface area contributed by atoms with Crippen LogP contribution in [0.4, 0.5) is 0 Å². The summed E-state index contributed by atoms with van der Waals surface area (Å²) in [7, 11) is 0. The van der Waals surface area contributed by atoms with E-state index in [9.17, 15) is 9.59 Å². The molecule has 2 rings (SSSR count). The molecule has 1 aromatic rings. The molecule has 74 valence electrons. The van der Waals surface area contributed by atoms with E-state index in [0.717, 1.165) is 5.69 Å². The lowest BCUT2D eigenvalue weighted by molar-refractivity contribution is 0.0520. The van der Waals surface area contributed by atoms with E-state index >= 15 is 0 Å². The van der Waals surface area contributed by atoms with Gasteiger partial charge in [-0.1, -0.05) is 0 Å². The molecular formula is C10H11NO3. The van der Waals surface area contributed by atoms with Gasteiger partial charge in [0.1, 0.15) is 5.69 Å². The smallest absolute Gasteiger partial charge is 0.354 e. The van der Waals surface area contributed by atoms with Crippen molar-refractivity contribution in [2.45, 2.75) is 19.8 Å². The Hall–Kier alpha value is -1.58. The molecule has 1 aliphatic rings. The van der Waals surface area contributed by atoms with Crippen molar-refractivity contribution in [1.29, 1.82) is 0 Å². The number of esters is 1. The largest absolute Gasteiger partial charge is 0.461 e. The molecule has 4 nitrogen and oxygen atoms in total. The third kappa shape index (κ3) is 1.32. The average Bonchev–Trinajstić information content (AvgIpc) is 2.69. The molecule has 0 amide bonds. The van der Waals surface area contributed by atoms with Crippen molar-refractivity contribution in [2.75, 3.05) is 6.61 Å². The topological polar surface area (TPSA) is 59.2 Å². The highest BCUT2D eigenvalue weighted by Crippen LogP contribution is 2.22. The second-order valence-corrected chi connectivity index (χ2v) is 3.22. The summed E-state index contributed by atoms with van der Waals surface area (Å²) < 4.78 is 4.82. The predicted molar refractivity (Wildman–Crippen MR) is 49.4 cm³/mol. The van der Waals surface area contributed by atoms with Crippen molar-refractivity contribution >= 4 is 11.8 Å². The summed E-state index contributed by atoms with van der Waals surface area (Å²) in [4.78, 5) is 25.5. The molecule has 0 fully saturated rings. The van der Waals surface area contributed by atoms with Gasteiger partial charge in [0.2, 0.25) is 0 Å². The normalized spacial score (nSPS) is 14.2. The van der Waals surface area contributed by atoms with Gasteiger partial charge < -0.3 is 9.72 Å². The van der Waals surface area contributed by atoms with Crippen molar-refractivity contribution < 1.29 is 14.3 Å². The first-order valence-electron chi connectivity index (χ1n) is 4.64. The first-order chi connectivity index (χ1) is 6.72. The summed E-state index contributed by atoms with van der Waals surface area (Å²) in [5, 5.41) is 0. The summed E-state index contributed by atoms with van der Waals surface area (Å²) in [5.41, 5.74) is 1.89. The third-order valence-electron chi connectivity index (χ3n) is 2.30. The number of aryl methyl sites for hydroxylation is 1. The Balaban J connectivity index is 2.27. The van der Waals surface area contributed by atoms with E-state index in [2.05, 4.69) is 4.98 Å². The van der Waals surface area contributed by atoms with Gasteiger partial charge in [-0.15, -0.1) is 0 Å². The molecule has 1 heterocycles. The van der Waals surface area contributed by atoms with Crippen molar-refractivity contribution in [1.82, 2.24) is 4.98 Å². The molecule has 14 heavy (non-hydrogen) atoms. The number of ether oxygens (including phenoxy) is 1. The zero-order valence-electron chi connectivity index (χ0n) is 7.92. The molecule has 0 spiro atoms. The van der Waals surface area contributed by atoms with Crippen LogP contribution in [0.25, 0.3) is 0 Å². The number of carbonyl (C=O) groups is 2. The summed E-state index contributed by atoms with van der Waals surface area (Å²) >= 11 is 0. The van der Waals surface area contributed by atoms with Crippen molar-refractivity contribution in [2.24, 2.45) is 0 Å². The molecule has 0 atom stereocenters. The van der Waals surface area contributed by atoms with Crippen LogP contribution >= 0.6 is 0 Å². The maximum Gasteiger partial charge on any atom is 0.354 e. The lowest BCUT2D eigenvalue weighted by Gasteiger charge is -1.97. The van der Waals surface area contributed by atoms with E-state index in [4.69, 9.17) is 4.74 Å². The number of fused-ring (bicyclic) bond motifs is 1. The number of rotatable bonds is 2. The van der Waals surface area contributed by atoms with Gasteiger partial charge in [0, 0.05) is 17.7 Å². The van der Waals surface area contributed by atoms with Crippen LogP contribution in [0.2, 0.25) is 0 Å². The number of Topliss-reactive ketones (excluding diaryl/α,β-unsaturated/α-hetero) is 1. The molecule has 0 radical (unpaired) electrons. The fourth-order valence-corrected chi connectivity index (χ4v) is 1.64. The fraction of sp³-hybridized carbons (Fsp3) is 0.400. The monoisotopic (exact) mass is 193 g/mol.